The molecule has 0 aliphatic rings. The molecule has 9 nitrogen and oxygen atoms in total. The Balaban J connectivity index is 1.71. The first-order chi connectivity index (χ1) is 14.8. The van der Waals surface area contributed by atoms with E-state index in [9.17, 15) is 18.0 Å². The van der Waals surface area contributed by atoms with Crippen molar-refractivity contribution >= 4 is 33.3 Å². The largest absolute Gasteiger partial charge is 0.497 e. The van der Waals surface area contributed by atoms with Crippen molar-refractivity contribution in [3.63, 3.8) is 0 Å². The fourth-order valence-electron chi connectivity index (χ4n) is 2.61. The Morgan fingerprint density at radius 2 is 1.55 bits per heavy atom. The normalized spacial score (nSPS) is 10.7. The lowest BCUT2D eigenvalue weighted by Crippen LogP contribution is -2.29. The summed E-state index contributed by atoms with van der Waals surface area (Å²) in [5, 5.41) is 9.02. The Labute approximate surface area is 178 Å². The van der Waals surface area contributed by atoms with E-state index < -0.39 is 21.9 Å². The Morgan fingerprint density at radius 1 is 0.871 bits per heavy atom. The predicted octanol–water partition coefficient (Wildman–Crippen LogP) is 2.95. The van der Waals surface area contributed by atoms with E-state index in [0.717, 1.165) is 0 Å². The third kappa shape index (κ3) is 5.52. The van der Waals surface area contributed by atoms with Crippen LogP contribution >= 0.6 is 0 Å². The molecule has 0 spiro atoms. The monoisotopic (exact) mass is 441 g/mol. The van der Waals surface area contributed by atoms with Gasteiger partial charge >= 0.3 is 5.97 Å². The standard InChI is InChI=1S/C21H19N3O6S/c1-30-18-10-8-16(9-11-18)24-31(28,29)19-7-3-4-14(13-19)20(25)23-22-17-6-2-5-15(12-17)21(26)27/h2-13,22,24H,1H3,(H,23,25)(H,26,27). The van der Waals surface area contributed by atoms with E-state index in [4.69, 9.17) is 9.84 Å². The van der Waals surface area contributed by atoms with Crippen LogP contribution in [0.4, 0.5) is 11.4 Å². The first-order valence-corrected chi connectivity index (χ1v) is 10.4. The van der Waals surface area contributed by atoms with E-state index in [1.54, 1.807) is 30.3 Å². The quantitative estimate of drug-likeness (QED) is 0.395. The molecular weight excluding hydrogens is 422 g/mol. The molecule has 0 aromatic heterocycles. The highest BCUT2D eigenvalue weighted by atomic mass is 32.2. The van der Waals surface area contributed by atoms with Crippen molar-refractivity contribution in [1.29, 1.82) is 0 Å². The maximum atomic E-state index is 12.7. The lowest BCUT2D eigenvalue weighted by atomic mass is 10.2. The molecule has 3 aromatic rings. The van der Waals surface area contributed by atoms with Gasteiger partial charge in [-0.05, 0) is 60.7 Å². The minimum absolute atomic E-state index is 0.0527. The number of carboxylic acid groups (broad SMARTS) is 1. The molecule has 0 saturated carbocycles. The van der Waals surface area contributed by atoms with Gasteiger partial charge in [0.2, 0.25) is 0 Å². The van der Waals surface area contributed by atoms with Crippen LogP contribution in [-0.4, -0.2) is 32.5 Å². The number of rotatable bonds is 8. The van der Waals surface area contributed by atoms with Crippen molar-refractivity contribution in [3.05, 3.63) is 83.9 Å². The molecule has 0 aliphatic carbocycles. The topological polar surface area (TPSA) is 134 Å². The molecular formula is C21H19N3O6S. The first kappa shape index (κ1) is 21.7. The van der Waals surface area contributed by atoms with Gasteiger partial charge in [-0.2, -0.15) is 0 Å². The first-order valence-electron chi connectivity index (χ1n) is 8.95. The number of anilines is 2. The zero-order valence-electron chi connectivity index (χ0n) is 16.3. The molecule has 3 rings (SSSR count). The van der Waals surface area contributed by atoms with Crippen LogP contribution in [0.5, 0.6) is 5.75 Å². The molecule has 0 heterocycles. The zero-order valence-corrected chi connectivity index (χ0v) is 17.1. The molecule has 0 aliphatic heterocycles. The molecule has 31 heavy (non-hydrogen) atoms. The van der Waals surface area contributed by atoms with Crippen molar-refractivity contribution in [2.45, 2.75) is 4.90 Å². The molecule has 160 valence electrons. The maximum absolute atomic E-state index is 12.7. The van der Waals surface area contributed by atoms with Crippen LogP contribution in [0.1, 0.15) is 20.7 Å². The lowest BCUT2D eigenvalue weighted by Gasteiger charge is -2.11. The third-order valence-corrected chi connectivity index (χ3v) is 5.56. The summed E-state index contributed by atoms with van der Waals surface area (Å²) in [5.41, 5.74) is 5.87. The number of sulfonamides is 1. The molecule has 0 fully saturated rings. The van der Waals surface area contributed by atoms with E-state index in [1.807, 2.05) is 0 Å². The fourth-order valence-corrected chi connectivity index (χ4v) is 3.71. The van der Waals surface area contributed by atoms with Crippen LogP contribution < -0.4 is 20.3 Å². The van der Waals surface area contributed by atoms with Crippen LogP contribution in [0.2, 0.25) is 0 Å². The van der Waals surface area contributed by atoms with Gasteiger partial charge in [0, 0.05) is 11.3 Å². The van der Waals surface area contributed by atoms with Crippen molar-refractivity contribution in [2.24, 2.45) is 0 Å². The number of hydrogen-bond donors (Lipinski definition) is 4. The van der Waals surface area contributed by atoms with E-state index in [2.05, 4.69) is 15.6 Å². The third-order valence-electron chi connectivity index (χ3n) is 4.18. The van der Waals surface area contributed by atoms with Crippen molar-refractivity contribution in [3.8, 4) is 5.75 Å². The molecule has 0 radical (unpaired) electrons. The average Bonchev–Trinajstić information content (AvgIpc) is 2.78. The number of aromatic carboxylic acids is 1. The van der Waals surface area contributed by atoms with Crippen molar-refractivity contribution < 1.29 is 27.9 Å². The lowest BCUT2D eigenvalue weighted by molar-refractivity contribution is 0.0696. The summed E-state index contributed by atoms with van der Waals surface area (Å²) in [7, 11) is -2.42. The highest BCUT2D eigenvalue weighted by Gasteiger charge is 2.17. The highest BCUT2D eigenvalue weighted by molar-refractivity contribution is 7.92. The van der Waals surface area contributed by atoms with E-state index >= 15 is 0 Å². The summed E-state index contributed by atoms with van der Waals surface area (Å²) in [6.45, 7) is 0. The van der Waals surface area contributed by atoms with Gasteiger partial charge in [0.1, 0.15) is 5.75 Å². The Morgan fingerprint density at radius 3 is 2.23 bits per heavy atom. The summed E-state index contributed by atoms with van der Waals surface area (Å²) in [5.74, 6) is -1.11. The highest BCUT2D eigenvalue weighted by Crippen LogP contribution is 2.20. The number of hydrazine groups is 1. The number of carbonyl (C=O) groups is 2. The number of methoxy groups -OCH3 is 1. The minimum atomic E-state index is -3.93. The van der Waals surface area contributed by atoms with Gasteiger partial charge in [0.25, 0.3) is 15.9 Å². The number of ether oxygens (including phenoxy) is 1. The second-order valence-electron chi connectivity index (χ2n) is 6.33. The number of carboxylic acids is 1. The van der Waals surface area contributed by atoms with Gasteiger partial charge < -0.3 is 9.84 Å². The van der Waals surface area contributed by atoms with Gasteiger partial charge in [-0.1, -0.05) is 12.1 Å². The molecule has 0 bridgehead atoms. The number of nitrogens with one attached hydrogen (secondary N) is 3. The summed E-state index contributed by atoms with van der Waals surface area (Å²) in [6, 6.07) is 17.7. The average molecular weight is 441 g/mol. The van der Waals surface area contributed by atoms with Gasteiger partial charge in [-0.25, -0.2) is 13.2 Å². The predicted molar refractivity (Wildman–Crippen MR) is 115 cm³/mol. The SMILES string of the molecule is COc1ccc(NS(=O)(=O)c2cccc(C(=O)NNc3cccc(C(=O)O)c3)c2)cc1. The summed E-state index contributed by atoms with van der Waals surface area (Å²) in [4.78, 5) is 23.4. The van der Waals surface area contributed by atoms with E-state index in [1.165, 1.54) is 49.6 Å². The second kappa shape index (κ2) is 9.18. The molecule has 1 amide bonds. The van der Waals surface area contributed by atoms with Crippen LogP contribution in [0.15, 0.2) is 77.7 Å². The van der Waals surface area contributed by atoms with Crippen LogP contribution in [0.3, 0.4) is 0 Å². The number of carbonyl (C=O) groups excluding carboxylic acids is 1. The van der Waals surface area contributed by atoms with Gasteiger partial charge in [0.15, 0.2) is 0 Å². The maximum Gasteiger partial charge on any atom is 0.335 e. The Bertz CT molecular complexity index is 1210. The molecule has 0 atom stereocenters. The van der Waals surface area contributed by atoms with Crippen LogP contribution in [0, 0.1) is 0 Å². The van der Waals surface area contributed by atoms with Gasteiger partial charge in [0.05, 0.1) is 23.3 Å². The molecule has 0 saturated heterocycles. The minimum Gasteiger partial charge on any atom is -0.497 e. The molecule has 0 unspecified atom stereocenters. The zero-order chi connectivity index (χ0) is 22.4. The second-order valence-corrected chi connectivity index (χ2v) is 8.01. The summed E-state index contributed by atoms with van der Waals surface area (Å²) in [6.07, 6.45) is 0. The smallest absolute Gasteiger partial charge is 0.335 e. The molecule has 3 aromatic carbocycles. The summed E-state index contributed by atoms with van der Waals surface area (Å²) >= 11 is 0. The number of amides is 1. The van der Waals surface area contributed by atoms with Crippen LogP contribution in [0.25, 0.3) is 0 Å². The van der Waals surface area contributed by atoms with Crippen LogP contribution in [-0.2, 0) is 10.0 Å². The Kier molecular flexibility index (Phi) is 6.41. The number of hydrogen-bond acceptors (Lipinski definition) is 6. The van der Waals surface area contributed by atoms with Gasteiger partial charge in [-0.15, -0.1) is 0 Å². The van der Waals surface area contributed by atoms with E-state index in [-0.39, 0.29) is 16.0 Å². The van der Waals surface area contributed by atoms with E-state index in [0.29, 0.717) is 17.1 Å². The molecule has 10 heteroatoms. The number of benzene rings is 3. The summed E-state index contributed by atoms with van der Waals surface area (Å²) < 4.78 is 32.8. The van der Waals surface area contributed by atoms with Gasteiger partial charge in [-0.3, -0.25) is 20.4 Å². The fraction of sp³-hybridized carbons (Fsp3) is 0.0476. The molecule has 4 N–H and O–H groups in total. The Hall–Kier alpha value is -4.05. The van der Waals surface area contributed by atoms with Crippen molar-refractivity contribution in [2.75, 3.05) is 17.3 Å². The van der Waals surface area contributed by atoms with Crippen molar-refractivity contribution in [1.82, 2.24) is 5.43 Å².